The van der Waals surface area contributed by atoms with Crippen molar-refractivity contribution in [1.29, 1.82) is 0 Å². The molecule has 0 unspecified atom stereocenters. The van der Waals surface area contributed by atoms with E-state index in [1.54, 1.807) is 6.92 Å². The summed E-state index contributed by atoms with van der Waals surface area (Å²) in [7, 11) is 1.50. The summed E-state index contributed by atoms with van der Waals surface area (Å²) < 4.78 is 0. The second-order valence-electron chi connectivity index (χ2n) is 3.82. The predicted octanol–water partition coefficient (Wildman–Crippen LogP) is 8.47. The second kappa shape index (κ2) is 125. The molecular formula is C22H55N. The third-order valence-electron chi connectivity index (χ3n) is 1.50. The Bertz CT molecular complexity index is 85.5. The summed E-state index contributed by atoms with van der Waals surface area (Å²) >= 11 is 0. The summed E-state index contributed by atoms with van der Waals surface area (Å²) in [6.07, 6.45) is 16.1. The smallest absolute Gasteiger partial charge is 0.00297 e. The van der Waals surface area contributed by atoms with Crippen molar-refractivity contribution in [3.8, 4) is 12.3 Å². The van der Waals surface area contributed by atoms with Crippen LogP contribution in [0.4, 0.5) is 0 Å². The van der Waals surface area contributed by atoms with Gasteiger partial charge >= 0.3 is 0 Å². The van der Waals surface area contributed by atoms with Crippen LogP contribution in [0.25, 0.3) is 0 Å². The van der Waals surface area contributed by atoms with Gasteiger partial charge in [0.05, 0.1) is 0 Å². The fraction of sp³-hybridized carbons (Fsp3) is 0.909. The van der Waals surface area contributed by atoms with Crippen molar-refractivity contribution in [3.63, 3.8) is 0 Å². The lowest BCUT2D eigenvalue weighted by Gasteiger charge is -2.05. The first-order chi connectivity index (χ1) is 11.2. The fourth-order valence-corrected chi connectivity index (χ4v) is 1.06. The summed E-state index contributed by atoms with van der Waals surface area (Å²) in [5, 5.41) is 0. The van der Waals surface area contributed by atoms with Crippen LogP contribution >= 0.6 is 0 Å². The van der Waals surface area contributed by atoms with Crippen molar-refractivity contribution >= 4 is 0 Å². The summed E-state index contributed by atoms with van der Waals surface area (Å²) in [6.45, 7) is 22.2. The minimum atomic E-state index is 1.25. The first kappa shape index (κ1) is 43.3. The largest absolute Gasteiger partial charge is 0.333 e. The van der Waals surface area contributed by atoms with E-state index in [-0.39, 0.29) is 0 Å². The van der Waals surface area contributed by atoms with Crippen molar-refractivity contribution in [3.05, 3.63) is 0 Å². The zero-order chi connectivity index (χ0) is 20.4. The van der Waals surface area contributed by atoms with Gasteiger partial charge in [0.15, 0.2) is 0 Å². The van der Waals surface area contributed by atoms with E-state index in [0.29, 0.717) is 0 Å². The predicted molar refractivity (Wildman–Crippen MR) is 118 cm³/mol. The van der Waals surface area contributed by atoms with Gasteiger partial charge in [0.2, 0.25) is 0 Å². The molecule has 1 fully saturated rings. The Morgan fingerprint density at radius 2 is 0.652 bits per heavy atom. The molecule has 0 aromatic carbocycles. The summed E-state index contributed by atoms with van der Waals surface area (Å²) in [4.78, 5) is 0. The molecule has 0 aromatic rings. The molecule has 1 saturated carbocycles. The lowest BCUT2D eigenvalue weighted by atomic mass is 10.0. The summed E-state index contributed by atoms with van der Waals surface area (Å²) in [5.74, 6) is 2.25. The molecule has 0 bridgehead atoms. The van der Waals surface area contributed by atoms with E-state index in [4.69, 9.17) is 0 Å². The lowest BCUT2D eigenvalue weighted by molar-refractivity contribution is 0.504. The van der Waals surface area contributed by atoms with Gasteiger partial charge in [-0.15, -0.1) is 12.3 Å². The van der Waals surface area contributed by atoms with Crippen LogP contribution in [0.5, 0.6) is 0 Å². The molecule has 0 aliphatic heterocycles. The van der Waals surface area contributed by atoms with E-state index in [1.807, 2.05) is 41.5 Å². The van der Waals surface area contributed by atoms with Gasteiger partial charge in [0, 0.05) is 0 Å². The molecule has 0 radical (unpaired) electrons. The minimum absolute atomic E-state index is 1.25. The average molecular weight is 334 g/mol. The van der Waals surface area contributed by atoms with Gasteiger partial charge in [0.25, 0.3) is 0 Å². The molecule has 148 valence electrons. The maximum absolute atomic E-state index is 4.60. The van der Waals surface area contributed by atoms with Crippen molar-refractivity contribution in [2.24, 2.45) is 5.73 Å². The maximum atomic E-state index is 4.60. The molecule has 1 rings (SSSR count). The standard InChI is InChI=1S/C6H12.2C3H8.C3H4.3C2H6.CH5N/c1-2-4-6-5-3-1;3*1-3-2;4*1-2/h1-6H2;2*3H2,1-2H3;1H,2H3;3*1-2H3;2H2,1H3. The molecule has 1 nitrogen and oxygen atoms in total. The topological polar surface area (TPSA) is 26.0 Å². The van der Waals surface area contributed by atoms with Crippen LogP contribution in [0.15, 0.2) is 0 Å². The molecule has 2 N–H and O–H groups in total. The highest BCUT2D eigenvalue weighted by atomic mass is 14.4. The SMILES string of the molecule is C#CC.C1CCCCC1.CC.CC.CC.CCC.CCC.CN. The van der Waals surface area contributed by atoms with Gasteiger partial charge in [-0.05, 0) is 14.0 Å². The third kappa shape index (κ3) is 269. The average Bonchev–Trinajstić information content (AvgIpc) is 2.65. The summed E-state index contributed by atoms with van der Waals surface area (Å²) in [5.41, 5.74) is 4.50. The molecule has 1 aliphatic rings. The van der Waals surface area contributed by atoms with Crippen LogP contribution in [-0.2, 0) is 0 Å². The second-order valence-corrected chi connectivity index (χ2v) is 3.82. The number of hydrogen-bond acceptors (Lipinski definition) is 1. The van der Waals surface area contributed by atoms with Gasteiger partial charge in [-0.2, -0.15) is 0 Å². The molecule has 0 heterocycles. The van der Waals surface area contributed by atoms with Crippen molar-refractivity contribution in [2.45, 2.75) is 128 Å². The van der Waals surface area contributed by atoms with Crippen LogP contribution in [-0.4, -0.2) is 7.05 Å². The first-order valence-corrected chi connectivity index (χ1v) is 10.2. The van der Waals surface area contributed by atoms with Crippen LogP contribution in [0.1, 0.15) is 128 Å². The zero-order valence-electron chi connectivity index (χ0n) is 19.3. The van der Waals surface area contributed by atoms with E-state index in [9.17, 15) is 0 Å². The van der Waals surface area contributed by atoms with Crippen LogP contribution in [0.2, 0.25) is 0 Å². The van der Waals surface area contributed by atoms with E-state index < -0.39 is 0 Å². The summed E-state index contributed by atoms with van der Waals surface area (Å²) in [6, 6.07) is 0. The van der Waals surface area contributed by atoms with E-state index in [1.165, 1.54) is 58.4 Å². The number of terminal acetylenes is 1. The zero-order valence-corrected chi connectivity index (χ0v) is 19.3. The van der Waals surface area contributed by atoms with Gasteiger partial charge < -0.3 is 5.73 Å². The van der Waals surface area contributed by atoms with E-state index >= 15 is 0 Å². The Balaban J connectivity index is -0.0000000270. The van der Waals surface area contributed by atoms with Gasteiger partial charge in [-0.3, -0.25) is 0 Å². The molecule has 0 atom stereocenters. The van der Waals surface area contributed by atoms with Gasteiger partial charge in [-0.1, -0.05) is 121 Å². The van der Waals surface area contributed by atoms with Crippen LogP contribution < -0.4 is 5.73 Å². The third-order valence-corrected chi connectivity index (χ3v) is 1.50. The normalized spacial score (nSPS) is 9.22. The Morgan fingerprint density at radius 1 is 0.609 bits per heavy atom. The van der Waals surface area contributed by atoms with Crippen LogP contribution in [0, 0.1) is 12.3 Å². The Morgan fingerprint density at radius 3 is 0.696 bits per heavy atom. The van der Waals surface area contributed by atoms with Gasteiger partial charge in [-0.25, -0.2) is 0 Å². The molecule has 1 heteroatoms. The lowest BCUT2D eigenvalue weighted by Crippen LogP contribution is -1.85. The van der Waals surface area contributed by atoms with Crippen molar-refractivity contribution < 1.29 is 0 Å². The van der Waals surface area contributed by atoms with Crippen LogP contribution in [0.3, 0.4) is 0 Å². The van der Waals surface area contributed by atoms with Crippen molar-refractivity contribution in [1.82, 2.24) is 0 Å². The molecule has 0 spiro atoms. The minimum Gasteiger partial charge on any atom is -0.333 e. The molecule has 0 aromatic heterocycles. The first-order valence-electron chi connectivity index (χ1n) is 10.2. The highest BCUT2D eigenvalue weighted by Gasteiger charge is 1.95. The Hall–Kier alpha value is -0.480. The van der Waals surface area contributed by atoms with E-state index in [0.717, 1.165) is 0 Å². The highest BCUT2D eigenvalue weighted by molar-refractivity contribution is 4.73. The monoisotopic (exact) mass is 333 g/mol. The number of rotatable bonds is 0. The Labute approximate surface area is 153 Å². The number of hydrogen-bond donors (Lipinski definition) is 1. The molecule has 0 saturated heterocycles. The Kier molecular flexibility index (Phi) is 235. The molecule has 0 amide bonds. The number of nitrogens with two attached hydrogens (primary N) is 1. The quantitative estimate of drug-likeness (QED) is 0.442. The maximum Gasteiger partial charge on any atom is -0.00297 e. The van der Waals surface area contributed by atoms with E-state index in [2.05, 4.69) is 45.8 Å². The highest BCUT2D eigenvalue weighted by Crippen LogP contribution is 2.15. The molecular weight excluding hydrogens is 278 g/mol. The fourth-order valence-electron chi connectivity index (χ4n) is 1.06. The van der Waals surface area contributed by atoms with Gasteiger partial charge in [0.1, 0.15) is 0 Å². The molecule has 23 heavy (non-hydrogen) atoms. The van der Waals surface area contributed by atoms with Crippen molar-refractivity contribution in [2.75, 3.05) is 7.05 Å². The molecule has 1 aliphatic carbocycles.